The second kappa shape index (κ2) is 5.78. The first-order valence-electron chi connectivity index (χ1n) is 6.80. The minimum atomic E-state index is 0.518. The highest BCUT2D eigenvalue weighted by Crippen LogP contribution is 2.21. The van der Waals surface area contributed by atoms with E-state index in [1.807, 2.05) is 48.9 Å². The monoisotopic (exact) mass is 284 g/mol. The number of imidazole rings is 1. The molecule has 0 aliphatic carbocycles. The molecule has 21 heavy (non-hydrogen) atoms. The van der Waals surface area contributed by atoms with E-state index in [4.69, 9.17) is 9.26 Å². The Hall–Kier alpha value is -2.63. The number of benzene rings is 1. The number of aryl methyl sites for hydroxylation is 1. The van der Waals surface area contributed by atoms with E-state index in [9.17, 15) is 0 Å². The summed E-state index contributed by atoms with van der Waals surface area (Å²) in [6.45, 7) is 5.03. The van der Waals surface area contributed by atoms with Gasteiger partial charge in [-0.05, 0) is 26.0 Å². The molecule has 0 N–H and O–H groups in total. The summed E-state index contributed by atoms with van der Waals surface area (Å²) in [7, 11) is 0. The van der Waals surface area contributed by atoms with Crippen LogP contribution in [0.1, 0.15) is 18.6 Å². The van der Waals surface area contributed by atoms with Gasteiger partial charge in [-0.15, -0.1) is 0 Å². The minimum Gasteiger partial charge on any atom is -0.494 e. The van der Waals surface area contributed by atoms with Crippen molar-refractivity contribution in [1.82, 2.24) is 19.7 Å². The van der Waals surface area contributed by atoms with E-state index in [2.05, 4.69) is 15.1 Å². The zero-order valence-electron chi connectivity index (χ0n) is 12.0. The van der Waals surface area contributed by atoms with Crippen molar-refractivity contribution in [3.8, 4) is 17.1 Å². The predicted molar refractivity (Wildman–Crippen MR) is 77.0 cm³/mol. The maximum absolute atomic E-state index is 5.48. The third kappa shape index (κ3) is 2.94. The predicted octanol–water partition coefficient (Wildman–Crippen LogP) is 2.69. The van der Waals surface area contributed by atoms with Crippen molar-refractivity contribution < 1.29 is 9.26 Å². The molecule has 0 saturated heterocycles. The van der Waals surface area contributed by atoms with Crippen molar-refractivity contribution in [2.45, 2.75) is 20.4 Å². The van der Waals surface area contributed by atoms with Gasteiger partial charge in [0.05, 0.1) is 6.61 Å². The van der Waals surface area contributed by atoms with Gasteiger partial charge in [-0.3, -0.25) is 0 Å². The van der Waals surface area contributed by atoms with Gasteiger partial charge in [0, 0.05) is 18.0 Å². The van der Waals surface area contributed by atoms with Gasteiger partial charge < -0.3 is 13.8 Å². The van der Waals surface area contributed by atoms with E-state index in [0.717, 1.165) is 17.1 Å². The fourth-order valence-electron chi connectivity index (χ4n) is 2.04. The van der Waals surface area contributed by atoms with Gasteiger partial charge in [-0.25, -0.2) is 4.98 Å². The SMILES string of the molecule is CCOc1cccc(-c2noc(Cn3ccnc3C)n2)c1. The summed E-state index contributed by atoms with van der Waals surface area (Å²) in [5.41, 5.74) is 0.873. The van der Waals surface area contributed by atoms with Crippen molar-refractivity contribution in [1.29, 1.82) is 0 Å². The molecule has 0 radical (unpaired) electrons. The maximum atomic E-state index is 5.48. The number of hydrogen-bond acceptors (Lipinski definition) is 5. The van der Waals surface area contributed by atoms with Crippen LogP contribution in [0.25, 0.3) is 11.4 Å². The van der Waals surface area contributed by atoms with Crippen LogP contribution < -0.4 is 4.74 Å². The van der Waals surface area contributed by atoms with Crippen molar-refractivity contribution in [3.05, 3.63) is 48.4 Å². The lowest BCUT2D eigenvalue weighted by molar-refractivity contribution is 0.340. The molecule has 1 aromatic carbocycles. The van der Waals surface area contributed by atoms with E-state index in [1.54, 1.807) is 6.20 Å². The number of nitrogens with zero attached hydrogens (tertiary/aromatic N) is 4. The highest BCUT2D eigenvalue weighted by Gasteiger charge is 2.10. The Bertz CT molecular complexity index is 733. The first kappa shape index (κ1) is 13.4. The molecule has 0 amide bonds. The Balaban J connectivity index is 1.81. The summed E-state index contributed by atoms with van der Waals surface area (Å²) >= 11 is 0. The van der Waals surface area contributed by atoms with Gasteiger partial charge in [0.25, 0.3) is 0 Å². The Morgan fingerprint density at radius 1 is 1.33 bits per heavy atom. The molecule has 6 nitrogen and oxygen atoms in total. The molecule has 2 heterocycles. The number of rotatable bonds is 5. The van der Waals surface area contributed by atoms with Crippen LogP contribution in [0.15, 0.2) is 41.2 Å². The first-order valence-corrected chi connectivity index (χ1v) is 6.80. The molecule has 0 spiro atoms. The van der Waals surface area contributed by atoms with Gasteiger partial charge >= 0.3 is 0 Å². The Morgan fingerprint density at radius 2 is 2.24 bits per heavy atom. The molecular formula is C15H16N4O2. The third-order valence-electron chi connectivity index (χ3n) is 3.10. The summed E-state index contributed by atoms with van der Waals surface area (Å²) in [4.78, 5) is 8.58. The van der Waals surface area contributed by atoms with Crippen LogP contribution in [0, 0.1) is 6.92 Å². The van der Waals surface area contributed by atoms with Crippen LogP contribution in [0.3, 0.4) is 0 Å². The van der Waals surface area contributed by atoms with Crippen molar-refractivity contribution in [2.24, 2.45) is 0 Å². The van der Waals surface area contributed by atoms with Gasteiger partial charge in [-0.2, -0.15) is 4.98 Å². The molecule has 3 rings (SSSR count). The van der Waals surface area contributed by atoms with E-state index >= 15 is 0 Å². The molecular weight excluding hydrogens is 268 g/mol. The Kier molecular flexibility index (Phi) is 3.68. The van der Waals surface area contributed by atoms with Gasteiger partial charge in [0.1, 0.15) is 18.1 Å². The largest absolute Gasteiger partial charge is 0.494 e. The summed E-state index contributed by atoms with van der Waals surface area (Å²) < 4.78 is 12.7. The quantitative estimate of drug-likeness (QED) is 0.720. The van der Waals surface area contributed by atoms with E-state index in [1.165, 1.54) is 0 Å². The van der Waals surface area contributed by atoms with Crippen LogP contribution in [-0.4, -0.2) is 26.3 Å². The molecule has 0 fully saturated rings. The molecule has 2 aromatic heterocycles. The van der Waals surface area contributed by atoms with Crippen LogP contribution in [0.5, 0.6) is 5.75 Å². The second-order valence-corrected chi connectivity index (χ2v) is 4.57. The highest BCUT2D eigenvalue weighted by molar-refractivity contribution is 5.56. The normalized spacial score (nSPS) is 10.8. The standard InChI is InChI=1S/C15H16N4O2/c1-3-20-13-6-4-5-12(9-13)15-17-14(21-18-15)10-19-8-7-16-11(19)2/h4-9H,3,10H2,1-2H3. The molecule has 0 atom stereocenters. The zero-order chi connectivity index (χ0) is 14.7. The topological polar surface area (TPSA) is 66.0 Å². The van der Waals surface area contributed by atoms with E-state index < -0.39 is 0 Å². The molecule has 0 aliphatic rings. The first-order chi connectivity index (χ1) is 10.3. The molecule has 0 aliphatic heterocycles. The summed E-state index contributed by atoms with van der Waals surface area (Å²) in [5.74, 6) is 2.82. The van der Waals surface area contributed by atoms with Crippen LogP contribution in [0.2, 0.25) is 0 Å². The Labute approximate surface area is 122 Å². The van der Waals surface area contributed by atoms with Gasteiger partial charge in [-0.1, -0.05) is 17.3 Å². The third-order valence-corrected chi connectivity index (χ3v) is 3.10. The smallest absolute Gasteiger partial charge is 0.246 e. The molecule has 6 heteroatoms. The number of hydrogen-bond donors (Lipinski definition) is 0. The molecule has 0 unspecified atom stereocenters. The molecule has 3 aromatic rings. The lowest BCUT2D eigenvalue weighted by atomic mass is 10.2. The highest BCUT2D eigenvalue weighted by atomic mass is 16.5. The van der Waals surface area contributed by atoms with Crippen LogP contribution >= 0.6 is 0 Å². The zero-order valence-corrected chi connectivity index (χ0v) is 12.0. The van der Waals surface area contributed by atoms with Crippen molar-refractivity contribution >= 4 is 0 Å². The van der Waals surface area contributed by atoms with Crippen LogP contribution in [-0.2, 0) is 6.54 Å². The lowest BCUT2D eigenvalue weighted by Crippen LogP contribution is -2.00. The summed E-state index contributed by atoms with van der Waals surface area (Å²) in [6, 6.07) is 7.65. The minimum absolute atomic E-state index is 0.518. The maximum Gasteiger partial charge on any atom is 0.246 e. The average molecular weight is 284 g/mol. The van der Waals surface area contributed by atoms with E-state index in [-0.39, 0.29) is 0 Å². The second-order valence-electron chi connectivity index (χ2n) is 4.57. The summed E-state index contributed by atoms with van der Waals surface area (Å²) in [5, 5.41) is 4.02. The molecule has 108 valence electrons. The Morgan fingerprint density at radius 3 is 3.00 bits per heavy atom. The van der Waals surface area contributed by atoms with Gasteiger partial charge in [0.15, 0.2) is 0 Å². The average Bonchev–Trinajstić information content (AvgIpc) is 3.10. The number of aromatic nitrogens is 4. The molecule has 0 saturated carbocycles. The fourth-order valence-corrected chi connectivity index (χ4v) is 2.04. The number of ether oxygens (including phenoxy) is 1. The van der Waals surface area contributed by atoms with Crippen molar-refractivity contribution in [3.63, 3.8) is 0 Å². The van der Waals surface area contributed by atoms with Gasteiger partial charge in [0.2, 0.25) is 11.7 Å². The van der Waals surface area contributed by atoms with E-state index in [0.29, 0.717) is 24.9 Å². The van der Waals surface area contributed by atoms with Crippen molar-refractivity contribution in [2.75, 3.05) is 6.61 Å². The van der Waals surface area contributed by atoms with Crippen LogP contribution in [0.4, 0.5) is 0 Å². The lowest BCUT2D eigenvalue weighted by Gasteiger charge is -2.03. The summed E-state index contributed by atoms with van der Waals surface area (Å²) in [6.07, 6.45) is 3.63. The molecule has 0 bridgehead atoms. The fraction of sp³-hybridized carbons (Fsp3) is 0.267.